The number of carbonyl (C=O) groups is 2. The van der Waals surface area contributed by atoms with Gasteiger partial charge in [-0.2, -0.15) is 0 Å². The van der Waals surface area contributed by atoms with Gasteiger partial charge in [0.25, 0.3) is 0 Å². The van der Waals surface area contributed by atoms with Crippen LogP contribution in [0.4, 0.5) is 0 Å². The van der Waals surface area contributed by atoms with Gasteiger partial charge in [0, 0.05) is 20.6 Å². The second-order valence-corrected chi connectivity index (χ2v) is 11.4. The van der Waals surface area contributed by atoms with E-state index < -0.39 is 12.0 Å². The molecule has 5 nitrogen and oxygen atoms in total. The van der Waals surface area contributed by atoms with E-state index in [1.54, 1.807) is 42.5 Å². The second-order valence-electron chi connectivity index (χ2n) is 10.2. The third-order valence-electron chi connectivity index (χ3n) is 7.16. The Hall–Kier alpha value is -3.25. The average molecular weight is 629 g/mol. The number of halogens is 3. The van der Waals surface area contributed by atoms with Crippen LogP contribution in [0.1, 0.15) is 56.7 Å². The summed E-state index contributed by atoms with van der Waals surface area (Å²) in [5.41, 5.74) is 4.63. The molecule has 2 atom stereocenters. The van der Waals surface area contributed by atoms with Crippen molar-refractivity contribution in [3.8, 4) is 5.75 Å². The quantitative estimate of drug-likeness (QED) is 0.175. The van der Waals surface area contributed by atoms with Crippen LogP contribution in [-0.4, -0.2) is 23.0 Å². The second kappa shape index (κ2) is 16.4. The van der Waals surface area contributed by atoms with Crippen molar-refractivity contribution in [1.82, 2.24) is 5.32 Å². The van der Waals surface area contributed by atoms with Gasteiger partial charge in [-0.15, -0.1) is 0 Å². The number of hydrogen-bond acceptors (Lipinski definition) is 3. The molecule has 0 aliphatic rings. The van der Waals surface area contributed by atoms with E-state index in [0.29, 0.717) is 32.8 Å². The van der Waals surface area contributed by atoms with Gasteiger partial charge in [0.15, 0.2) is 0 Å². The molecule has 3 aromatic carbocycles. The van der Waals surface area contributed by atoms with Crippen LogP contribution in [-0.2, 0) is 22.6 Å². The van der Waals surface area contributed by atoms with E-state index in [0.717, 1.165) is 28.7 Å². The first kappa shape index (κ1) is 33.3. The van der Waals surface area contributed by atoms with Crippen LogP contribution < -0.4 is 10.1 Å². The molecule has 0 saturated heterocycles. The number of nitrogens with one attached hydrogen (secondary N) is 1. The molecule has 0 heterocycles. The number of hydrogen-bond donors (Lipinski definition) is 2. The number of rotatable bonds is 14. The summed E-state index contributed by atoms with van der Waals surface area (Å²) in [5.74, 6) is -0.642. The number of amides is 1. The van der Waals surface area contributed by atoms with Crippen molar-refractivity contribution >= 4 is 52.3 Å². The summed E-state index contributed by atoms with van der Waals surface area (Å²) in [7, 11) is 0. The molecule has 0 radical (unpaired) electrons. The fourth-order valence-corrected chi connectivity index (χ4v) is 4.99. The number of carboxylic acid groups (broad SMARTS) is 1. The van der Waals surface area contributed by atoms with E-state index in [9.17, 15) is 14.7 Å². The van der Waals surface area contributed by atoms with E-state index in [1.807, 2.05) is 31.2 Å². The maximum Gasteiger partial charge on any atom is 0.326 e. The van der Waals surface area contributed by atoms with Crippen molar-refractivity contribution in [3.63, 3.8) is 0 Å². The van der Waals surface area contributed by atoms with Crippen molar-refractivity contribution < 1.29 is 19.4 Å². The van der Waals surface area contributed by atoms with Gasteiger partial charge in [-0.1, -0.05) is 96.7 Å². The number of allylic oxidation sites excluding steroid dienone is 3. The standard InChI is InChI=1S/C34H36Cl3NO4/c1-4-22(2)26(8-5-7-23(3)25-13-15-27(35)16-14-25)20-32(34(40)41)38-33(39)19-24-11-17-28(18-12-24)42-21-29-30(36)9-6-10-31(29)37/h6-18,22,32H,4-5,19-21H2,1-3H3,(H,38,39)(H,40,41)/b23-7+,26-8-. The van der Waals surface area contributed by atoms with Crippen LogP contribution in [0.2, 0.25) is 15.1 Å². The van der Waals surface area contributed by atoms with Crippen LogP contribution in [0.25, 0.3) is 5.57 Å². The smallest absolute Gasteiger partial charge is 0.326 e. The monoisotopic (exact) mass is 627 g/mol. The van der Waals surface area contributed by atoms with Crippen molar-refractivity contribution in [2.45, 2.75) is 59.1 Å². The zero-order valence-electron chi connectivity index (χ0n) is 24.0. The SMILES string of the molecule is CCC(C)/C(=C\C/C=C(\C)c1ccc(Cl)cc1)CC(NC(=O)Cc1ccc(OCc2c(Cl)cccc2Cl)cc1)C(=O)O. The van der Waals surface area contributed by atoms with Crippen LogP contribution in [0.3, 0.4) is 0 Å². The molecular formula is C34H36Cl3NO4. The number of carbonyl (C=O) groups excluding carboxylic acids is 1. The molecule has 0 bridgehead atoms. The molecule has 8 heteroatoms. The van der Waals surface area contributed by atoms with Crippen LogP contribution in [0, 0.1) is 5.92 Å². The predicted octanol–water partition coefficient (Wildman–Crippen LogP) is 9.19. The number of ether oxygens (including phenoxy) is 1. The molecule has 222 valence electrons. The third kappa shape index (κ3) is 10.2. The summed E-state index contributed by atoms with van der Waals surface area (Å²) < 4.78 is 5.80. The summed E-state index contributed by atoms with van der Waals surface area (Å²) >= 11 is 18.4. The largest absolute Gasteiger partial charge is 0.489 e. The summed E-state index contributed by atoms with van der Waals surface area (Å²) in [6.45, 7) is 6.39. The maximum absolute atomic E-state index is 12.8. The van der Waals surface area contributed by atoms with Gasteiger partial charge in [-0.25, -0.2) is 4.79 Å². The minimum absolute atomic E-state index is 0.0474. The Kier molecular flexibility index (Phi) is 13.0. The summed E-state index contributed by atoms with van der Waals surface area (Å²) in [6.07, 6.45) is 5.99. The molecule has 0 aliphatic heterocycles. The lowest BCUT2D eigenvalue weighted by Gasteiger charge is -2.20. The van der Waals surface area contributed by atoms with Crippen LogP contribution in [0.5, 0.6) is 5.75 Å². The molecule has 0 aliphatic carbocycles. The van der Waals surface area contributed by atoms with Crippen molar-refractivity contribution in [2.75, 3.05) is 0 Å². The Bertz CT molecular complexity index is 1400. The van der Waals surface area contributed by atoms with Crippen molar-refractivity contribution in [2.24, 2.45) is 5.92 Å². The molecule has 0 aromatic heterocycles. The van der Waals surface area contributed by atoms with E-state index >= 15 is 0 Å². The molecule has 3 aromatic rings. The number of benzene rings is 3. The fraction of sp³-hybridized carbons (Fsp3) is 0.294. The minimum atomic E-state index is -1.06. The lowest BCUT2D eigenvalue weighted by Crippen LogP contribution is -2.42. The molecule has 2 N–H and O–H groups in total. The average Bonchev–Trinajstić information content (AvgIpc) is 2.96. The topological polar surface area (TPSA) is 75.6 Å². The lowest BCUT2D eigenvalue weighted by atomic mass is 9.91. The van der Waals surface area contributed by atoms with Crippen molar-refractivity contribution in [1.29, 1.82) is 0 Å². The first-order valence-corrected chi connectivity index (χ1v) is 15.0. The van der Waals surface area contributed by atoms with Gasteiger partial charge < -0.3 is 15.2 Å². The van der Waals surface area contributed by atoms with E-state index in [4.69, 9.17) is 39.5 Å². The van der Waals surface area contributed by atoms with Gasteiger partial charge >= 0.3 is 5.97 Å². The molecule has 0 spiro atoms. The molecule has 42 heavy (non-hydrogen) atoms. The van der Waals surface area contributed by atoms with Gasteiger partial charge in [0.05, 0.1) is 6.42 Å². The molecular weight excluding hydrogens is 593 g/mol. The highest BCUT2D eigenvalue weighted by molar-refractivity contribution is 6.36. The molecule has 0 saturated carbocycles. The first-order chi connectivity index (χ1) is 20.1. The third-order valence-corrected chi connectivity index (χ3v) is 8.12. The minimum Gasteiger partial charge on any atom is -0.489 e. The van der Waals surface area contributed by atoms with E-state index in [-0.39, 0.29) is 31.3 Å². The lowest BCUT2D eigenvalue weighted by molar-refractivity contribution is -0.141. The Labute approximate surface area is 263 Å². The zero-order chi connectivity index (χ0) is 30.6. The van der Waals surface area contributed by atoms with E-state index in [2.05, 4.69) is 31.3 Å². The van der Waals surface area contributed by atoms with E-state index in [1.165, 1.54) is 0 Å². The predicted molar refractivity (Wildman–Crippen MR) is 172 cm³/mol. The fourth-order valence-electron chi connectivity index (χ4n) is 4.36. The highest BCUT2D eigenvalue weighted by Crippen LogP contribution is 2.26. The molecule has 3 rings (SSSR count). The Balaban J connectivity index is 1.60. The number of aliphatic carboxylic acids is 1. The highest BCUT2D eigenvalue weighted by Gasteiger charge is 2.23. The van der Waals surface area contributed by atoms with Crippen LogP contribution in [0.15, 0.2) is 84.5 Å². The summed E-state index contributed by atoms with van der Waals surface area (Å²) in [6, 6.07) is 19.0. The molecule has 0 fully saturated rings. The highest BCUT2D eigenvalue weighted by atomic mass is 35.5. The Morgan fingerprint density at radius 3 is 2.19 bits per heavy atom. The Morgan fingerprint density at radius 2 is 1.60 bits per heavy atom. The van der Waals surface area contributed by atoms with Gasteiger partial charge in [-0.3, -0.25) is 4.79 Å². The molecule has 2 unspecified atom stereocenters. The first-order valence-electron chi connectivity index (χ1n) is 13.9. The molecule has 1 amide bonds. The Morgan fingerprint density at radius 1 is 0.952 bits per heavy atom. The normalized spacial score (nSPS) is 13.4. The maximum atomic E-state index is 12.8. The number of carboxylic acids is 1. The zero-order valence-corrected chi connectivity index (χ0v) is 26.3. The van der Waals surface area contributed by atoms with Gasteiger partial charge in [-0.05, 0) is 85.2 Å². The van der Waals surface area contributed by atoms with Crippen molar-refractivity contribution in [3.05, 3.63) is 116 Å². The van der Waals surface area contributed by atoms with Crippen LogP contribution >= 0.6 is 34.8 Å². The summed E-state index contributed by atoms with van der Waals surface area (Å²) in [5, 5.41) is 14.4. The van der Waals surface area contributed by atoms with Gasteiger partial charge in [0.1, 0.15) is 18.4 Å². The van der Waals surface area contributed by atoms with Gasteiger partial charge in [0.2, 0.25) is 5.91 Å². The summed E-state index contributed by atoms with van der Waals surface area (Å²) in [4.78, 5) is 24.9.